The summed E-state index contributed by atoms with van der Waals surface area (Å²) in [5.41, 5.74) is 1.88. The van der Waals surface area contributed by atoms with E-state index in [9.17, 15) is 9.59 Å². The molecule has 0 aliphatic carbocycles. The van der Waals surface area contributed by atoms with Crippen LogP contribution in [0, 0.1) is 5.92 Å². The molecule has 0 saturated carbocycles. The van der Waals surface area contributed by atoms with Crippen molar-refractivity contribution in [1.29, 1.82) is 0 Å². The number of benzene rings is 2. The molecule has 2 amide bonds. The van der Waals surface area contributed by atoms with Gasteiger partial charge in [-0.05, 0) is 35.6 Å². The fourth-order valence-corrected chi connectivity index (χ4v) is 3.13. The Labute approximate surface area is 172 Å². The van der Waals surface area contributed by atoms with Crippen molar-refractivity contribution in [3.63, 3.8) is 0 Å². The molecule has 0 aliphatic heterocycles. The highest BCUT2D eigenvalue weighted by atomic mass is 35.5. The Balaban J connectivity index is 2.22. The largest absolute Gasteiger partial charge is 0.354 e. The summed E-state index contributed by atoms with van der Waals surface area (Å²) in [5, 5.41) is 3.61. The van der Waals surface area contributed by atoms with E-state index < -0.39 is 6.04 Å². The molecule has 0 radical (unpaired) electrons. The van der Waals surface area contributed by atoms with Crippen LogP contribution in [0.4, 0.5) is 0 Å². The van der Waals surface area contributed by atoms with Gasteiger partial charge in [-0.3, -0.25) is 9.59 Å². The standard InChI is InChI=1S/C23H29ClN2O2/c1-4-21(23(28)25-15-17(2)3)26(16-19-8-6-5-7-9-19)22(27)14-18-10-12-20(24)13-11-18/h5-13,17,21H,4,14-16H2,1-3H3,(H,25,28)/t21-/m1/s1. The third kappa shape index (κ3) is 6.68. The first-order valence-electron chi connectivity index (χ1n) is 9.76. The summed E-state index contributed by atoms with van der Waals surface area (Å²) < 4.78 is 0. The zero-order valence-corrected chi connectivity index (χ0v) is 17.6. The van der Waals surface area contributed by atoms with Gasteiger partial charge >= 0.3 is 0 Å². The fraction of sp³-hybridized carbons (Fsp3) is 0.391. The van der Waals surface area contributed by atoms with Crippen molar-refractivity contribution in [2.45, 2.75) is 46.2 Å². The summed E-state index contributed by atoms with van der Waals surface area (Å²) in [6.45, 7) is 7.04. The second-order valence-corrected chi connectivity index (χ2v) is 7.81. The minimum atomic E-state index is -0.501. The smallest absolute Gasteiger partial charge is 0.242 e. The molecule has 4 nitrogen and oxygen atoms in total. The van der Waals surface area contributed by atoms with Crippen LogP contribution < -0.4 is 5.32 Å². The van der Waals surface area contributed by atoms with Gasteiger partial charge in [-0.1, -0.05) is 74.8 Å². The maximum atomic E-state index is 13.2. The normalized spacial score (nSPS) is 11.9. The lowest BCUT2D eigenvalue weighted by Crippen LogP contribution is -2.50. The summed E-state index contributed by atoms with van der Waals surface area (Å²) in [5.74, 6) is 0.183. The van der Waals surface area contributed by atoms with Crippen molar-refractivity contribution in [2.24, 2.45) is 5.92 Å². The Kier molecular flexibility index (Phi) is 8.52. The quantitative estimate of drug-likeness (QED) is 0.675. The lowest BCUT2D eigenvalue weighted by molar-refractivity contribution is -0.141. The van der Waals surface area contributed by atoms with E-state index in [4.69, 9.17) is 11.6 Å². The molecular formula is C23H29ClN2O2. The minimum Gasteiger partial charge on any atom is -0.354 e. The van der Waals surface area contributed by atoms with Crippen LogP contribution in [-0.2, 0) is 22.6 Å². The minimum absolute atomic E-state index is 0.0716. The van der Waals surface area contributed by atoms with E-state index in [2.05, 4.69) is 19.2 Å². The van der Waals surface area contributed by atoms with Gasteiger partial charge in [-0.2, -0.15) is 0 Å². The van der Waals surface area contributed by atoms with Gasteiger partial charge in [0.2, 0.25) is 11.8 Å². The molecule has 150 valence electrons. The number of carbonyl (C=O) groups excluding carboxylic acids is 2. The predicted octanol–water partition coefficient (Wildman–Crippen LogP) is 4.46. The van der Waals surface area contributed by atoms with Crippen LogP contribution in [0.2, 0.25) is 5.02 Å². The van der Waals surface area contributed by atoms with Crippen LogP contribution in [0.5, 0.6) is 0 Å². The molecule has 0 bridgehead atoms. The third-order valence-electron chi connectivity index (χ3n) is 4.53. The van der Waals surface area contributed by atoms with Gasteiger partial charge in [0.15, 0.2) is 0 Å². The third-order valence-corrected chi connectivity index (χ3v) is 4.79. The van der Waals surface area contributed by atoms with Crippen molar-refractivity contribution in [3.8, 4) is 0 Å². The molecule has 0 aliphatic rings. The zero-order valence-electron chi connectivity index (χ0n) is 16.8. The van der Waals surface area contributed by atoms with Gasteiger partial charge in [0.1, 0.15) is 6.04 Å². The number of halogens is 1. The van der Waals surface area contributed by atoms with Crippen molar-refractivity contribution < 1.29 is 9.59 Å². The molecule has 1 N–H and O–H groups in total. The molecule has 2 aromatic carbocycles. The summed E-state index contributed by atoms with van der Waals surface area (Å²) >= 11 is 5.94. The van der Waals surface area contributed by atoms with Gasteiger partial charge in [0.25, 0.3) is 0 Å². The number of hydrogen-bond acceptors (Lipinski definition) is 2. The predicted molar refractivity (Wildman–Crippen MR) is 114 cm³/mol. The molecule has 5 heteroatoms. The molecule has 0 saturated heterocycles. The van der Waals surface area contributed by atoms with Crippen LogP contribution in [-0.4, -0.2) is 29.3 Å². The fourth-order valence-electron chi connectivity index (χ4n) is 3.00. The molecule has 0 aromatic heterocycles. The Morgan fingerprint density at radius 1 is 1.00 bits per heavy atom. The number of nitrogens with zero attached hydrogens (tertiary/aromatic N) is 1. The van der Waals surface area contributed by atoms with Crippen molar-refractivity contribution in [1.82, 2.24) is 10.2 Å². The first-order valence-corrected chi connectivity index (χ1v) is 10.1. The Hall–Kier alpha value is -2.33. The molecule has 0 spiro atoms. The topological polar surface area (TPSA) is 49.4 Å². The molecule has 1 atom stereocenters. The lowest BCUT2D eigenvalue weighted by Gasteiger charge is -2.31. The van der Waals surface area contributed by atoms with E-state index in [1.54, 1.807) is 17.0 Å². The first-order chi connectivity index (χ1) is 13.4. The highest BCUT2D eigenvalue weighted by molar-refractivity contribution is 6.30. The van der Waals surface area contributed by atoms with E-state index in [0.29, 0.717) is 30.5 Å². The van der Waals surface area contributed by atoms with Crippen LogP contribution >= 0.6 is 11.6 Å². The van der Waals surface area contributed by atoms with Gasteiger partial charge < -0.3 is 10.2 Å². The van der Waals surface area contributed by atoms with Gasteiger partial charge in [0, 0.05) is 18.1 Å². The van der Waals surface area contributed by atoms with E-state index in [1.807, 2.05) is 49.4 Å². The Bertz CT molecular complexity index is 760. The number of hydrogen-bond donors (Lipinski definition) is 1. The van der Waals surface area contributed by atoms with E-state index in [1.165, 1.54) is 0 Å². The maximum Gasteiger partial charge on any atom is 0.242 e. The Morgan fingerprint density at radius 3 is 2.21 bits per heavy atom. The average molecular weight is 401 g/mol. The van der Waals surface area contributed by atoms with Gasteiger partial charge in [-0.15, -0.1) is 0 Å². The number of rotatable bonds is 9. The SMILES string of the molecule is CC[C@H](C(=O)NCC(C)C)N(Cc1ccccc1)C(=O)Cc1ccc(Cl)cc1. The second kappa shape index (κ2) is 10.9. The highest BCUT2D eigenvalue weighted by Gasteiger charge is 2.28. The maximum absolute atomic E-state index is 13.2. The van der Waals surface area contributed by atoms with E-state index in [-0.39, 0.29) is 18.2 Å². The monoisotopic (exact) mass is 400 g/mol. The molecule has 0 heterocycles. The van der Waals surface area contributed by atoms with Crippen LogP contribution in [0.1, 0.15) is 38.3 Å². The van der Waals surface area contributed by atoms with Gasteiger partial charge in [0.05, 0.1) is 6.42 Å². The molecule has 0 fully saturated rings. The van der Waals surface area contributed by atoms with Gasteiger partial charge in [-0.25, -0.2) is 0 Å². The number of amides is 2. The van der Waals surface area contributed by atoms with Crippen LogP contribution in [0.3, 0.4) is 0 Å². The summed E-state index contributed by atoms with van der Waals surface area (Å²) in [7, 11) is 0. The summed E-state index contributed by atoms with van der Waals surface area (Å²) in [6, 6.07) is 16.5. The number of carbonyl (C=O) groups is 2. The van der Waals surface area contributed by atoms with Crippen molar-refractivity contribution >= 4 is 23.4 Å². The molecule has 2 rings (SSSR count). The van der Waals surface area contributed by atoms with Crippen LogP contribution in [0.15, 0.2) is 54.6 Å². The molecule has 2 aromatic rings. The van der Waals surface area contributed by atoms with Crippen LogP contribution in [0.25, 0.3) is 0 Å². The molecular weight excluding hydrogens is 372 g/mol. The van der Waals surface area contributed by atoms with Crippen molar-refractivity contribution in [3.05, 3.63) is 70.7 Å². The molecule has 0 unspecified atom stereocenters. The Morgan fingerprint density at radius 2 is 1.64 bits per heavy atom. The van der Waals surface area contributed by atoms with E-state index >= 15 is 0 Å². The average Bonchev–Trinajstić information content (AvgIpc) is 2.68. The molecule has 28 heavy (non-hydrogen) atoms. The van der Waals surface area contributed by atoms with E-state index in [0.717, 1.165) is 11.1 Å². The second-order valence-electron chi connectivity index (χ2n) is 7.37. The first kappa shape index (κ1) is 22.0. The van der Waals surface area contributed by atoms with Crippen molar-refractivity contribution in [2.75, 3.05) is 6.54 Å². The number of nitrogens with one attached hydrogen (secondary N) is 1. The lowest BCUT2D eigenvalue weighted by atomic mass is 10.1. The summed E-state index contributed by atoms with van der Waals surface area (Å²) in [6.07, 6.45) is 0.793. The highest BCUT2D eigenvalue weighted by Crippen LogP contribution is 2.16. The zero-order chi connectivity index (χ0) is 20.5. The summed E-state index contributed by atoms with van der Waals surface area (Å²) in [4.78, 5) is 27.6.